The van der Waals surface area contributed by atoms with E-state index in [4.69, 9.17) is 9.84 Å². The predicted octanol–water partition coefficient (Wildman–Crippen LogP) is 1.36. The summed E-state index contributed by atoms with van der Waals surface area (Å²) in [6, 6.07) is 0. The minimum absolute atomic E-state index is 0.346. The number of morpholine rings is 1. The van der Waals surface area contributed by atoms with E-state index in [0.29, 0.717) is 12.0 Å². The van der Waals surface area contributed by atoms with Crippen molar-refractivity contribution in [3.8, 4) is 0 Å². The standard InChI is InChI=1S/C13H25NO2/c1-13(2)11(3-6-15)9-12(13)10-14-4-7-16-8-5-14/h11-12,15H,3-10H2,1-2H3/t11-,12-/m1/s1. The van der Waals surface area contributed by atoms with Crippen molar-refractivity contribution in [3.05, 3.63) is 0 Å². The van der Waals surface area contributed by atoms with Crippen LogP contribution in [0.4, 0.5) is 0 Å². The van der Waals surface area contributed by atoms with Gasteiger partial charge in [0.1, 0.15) is 0 Å². The van der Waals surface area contributed by atoms with E-state index < -0.39 is 0 Å². The van der Waals surface area contributed by atoms with Gasteiger partial charge in [-0.15, -0.1) is 0 Å². The maximum atomic E-state index is 9.01. The molecule has 1 N–H and O–H groups in total. The fraction of sp³-hybridized carbons (Fsp3) is 1.00. The Morgan fingerprint density at radius 3 is 2.50 bits per heavy atom. The summed E-state index contributed by atoms with van der Waals surface area (Å²) in [6.45, 7) is 10.3. The van der Waals surface area contributed by atoms with Gasteiger partial charge in [0, 0.05) is 26.2 Å². The molecule has 1 heterocycles. The average molecular weight is 227 g/mol. The van der Waals surface area contributed by atoms with Gasteiger partial charge in [-0.1, -0.05) is 13.8 Å². The van der Waals surface area contributed by atoms with Crippen molar-refractivity contribution in [3.63, 3.8) is 0 Å². The van der Waals surface area contributed by atoms with Crippen LogP contribution in [-0.4, -0.2) is 49.5 Å². The molecule has 2 rings (SSSR count). The van der Waals surface area contributed by atoms with Crippen LogP contribution in [0.3, 0.4) is 0 Å². The number of rotatable bonds is 4. The Morgan fingerprint density at radius 1 is 1.25 bits per heavy atom. The molecule has 0 aromatic heterocycles. The van der Waals surface area contributed by atoms with E-state index in [1.54, 1.807) is 0 Å². The average Bonchev–Trinajstić information content (AvgIpc) is 2.29. The summed E-state index contributed by atoms with van der Waals surface area (Å²) in [4.78, 5) is 2.53. The zero-order valence-electron chi connectivity index (χ0n) is 10.6. The van der Waals surface area contributed by atoms with Crippen LogP contribution in [-0.2, 0) is 4.74 Å². The first kappa shape index (κ1) is 12.3. The molecule has 2 atom stereocenters. The van der Waals surface area contributed by atoms with Crippen LogP contribution in [0.25, 0.3) is 0 Å². The number of ether oxygens (including phenoxy) is 1. The van der Waals surface area contributed by atoms with Gasteiger partial charge in [-0.25, -0.2) is 0 Å². The van der Waals surface area contributed by atoms with Crippen LogP contribution in [0.5, 0.6) is 0 Å². The minimum Gasteiger partial charge on any atom is -0.396 e. The van der Waals surface area contributed by atoms with Gasteiger partial charge in [0.25, 0.3) is 0 Å². The Labute approximate surface area is 98.8 Å². The molecule has 0 aromatic rings. The lowest BCUT2D eigenvalue weighted by Crippen LogP contribution is -2.52. The predicted molar refractivity (Wildman–Crippen MR) is 64.3 cm³/mol. The van der Waals surface area contributed by atoms with Crippen molar-refractivity contribution in [2.75, 3.05) is 39.5 Å². The van der Waals surface area contributed by atoms with Gasteiger partial charge in [0.15, 0.2) is 0 Å². The van der Waals surface area contributed by atoms with E-state index in [0.717, 1.165) is 44.6 Å². The van der Waals surface area contributed by atoms with Crippen molar-refractivity contribution < 1.29 is 9.84 Å². The summed E-state index contributed by atoms with van der Waals surface area (Å²) in [5, 5.41) is 9.01. The molecule has 2 fully saturated rings. The second kappa shape index (κ2) is 5.03. The first-order chi connectivity index (χ1) is 7.64. The SMILES string of the molecule is CC1(C)[C@H](CCO)C[C@@H]1CN1CCOCC1. The van der Waals surface area contributed by atoms with E-state index in [1.165, 1.54) is 13.0 Å². The summed E-state index contributed by atoms with van der Waals surface area (Å²) >= 11 is 0. The van der Waals surface area contributed by atoms with Crippen molar-refractivity contribution in [2.45, 2.75) is 26.7 Å². The lowest BCUT2D eigenvalue weighted by atomic mass is 9.54. The normalized spacial score (nSPS) is 34.7. The number of aliphatic hydroxyl groups excluding tert-OH is 1. The first-order valence-electron chi connectivity index (χ1n) is 6.55. The molecule has 2 aliphatic rings. The Hall–Kier alpha value is -0.120. The molecular formula is C13H25NO2. The third-order valence-electron chi connectivity index (χ3n) is 4.73. The fourth-order valence-corrected chi connectivity index (χ4v) is 3.17. The van der Waals surface area contributed by atoms with E-state index in [9.17, 15) is 0 Å². The van der Waals surface area contributed by atoms with Gasteiger partial charge >= 0.3 is 0 Å². The molecule has 0 bridgehead atoms. The molecule has 1 saturated carbocycles. The van der Waals surface area contributed by atoms with Gasteiger partial charge in [-0.05, 0) is 30.1 Å². The van der Waals surface area contributed by atoms with Crippen LogP contribution in [0.15, 0.2) is 0 Å². The molecule has 1 aliphatic heterocycles. The Kier molecular flexibility index (Phi) is 3.88. The summed E-state index contributed by atoms with van der Waals surface area (Å²) in [6.07, 6.45) is 2.28. The minimum atomic E-state index is 0.346. The van der Waals surface area contributed by atoms with Crippen LogP contribution >= 0.6 is 0 Å². The first-order valence-corrected chi connectivity index (χ1v) is 6.55. The van der Waals surface area contributed by atoms with Gasteiger partial charge in [0.05, 0.1) is 13.2 Å². The summed E-state index contributed by atoms with van der Waals surface area (Å²) in [5.74, 6) is 1.53. The van der Waals surface area contributed by atoms with E-state index in [2.05, 4.69) is 18.7 Å². The number of hydrogen-bond acceptors (Lipinski definition) is 3. The largest absolute Gasteiger partial charge is 0.396 e. The van der Waals surface area contributed by atoms with Gasteiger partial charge < -0.3 is 9.84 Å². The van der Waals surface area contributed by atoms with Gasteiger partial charge in [-0.2, -0.15) is 0 Å². The Balaban J connectivity index is 1.79. The van der Waals surface area contributed by atoms with E-state index >= 15 is 0 Å². The lowest BCUT2D eigenvalue weighted by Gasteiger charge is -2.54. The number of hydrogen-bond donors (Lipinski definition) is 1. The maximum Gasteiger partial charge on any atom is 0.0594 e. The van der Waals surface area contributed by atoms with Crippen molar-refractivity contribution in [1.82, 2.24) is 4.90 Å². The Morgan fingerprint density at radius 2 is 1.94 bits per heavy atom. The van der Waals surface area contributed by atoms with E-state index in [-0.39, 0.29) is 0 Å². The zero-order chi connectivity index (χ0) is 11.6. The highest BCUT2D eigenvalue weighted by molar-refractivity contribution is 4.97. The van der Waals surface area contributed by atoms with Crippen molar-refractivity contribution in [2.24, 2.45) is 17.3 Å². The van der Waals surface area contributed by atoms with Crippen LogP contribution in [0.1, 0.15) is 26.7 Å². The van der Waals surface area contributed by atoms with Crippen molar-refractivity contribution in [1.29, 1.82) is 0 Å². The highest BCUT2D eigenvalue weighted by Crippen LogP contribution is 2.52. The molecule has 0 unspecified atom stereocenters. The quantitative estimate of drug-likeness (QED) is 0.787. The molecule has 16 heavy (non-hydrogen) atoms. The molecule has 0 amide bonds. The number of aliphatic hydroxyl groups is 1. The molecule has 0 spiro atoms. The molecular weight excluding hydrogens is 202 g/mol. The highest BCUT2D eigenvalue weighted by atomic mass is 16.5. The van der Waals surface area contributed by atoms with Gasteiger partial charge in [0.2, 0.25) is 0 Å². The van der Waals surface area contributed by atoms with Crippen LogP contribution in [0, 0.1) is 17.3 Å². The third-order valence-corrected chi connectivity index (χ3v) is 4.73. The molecule has 3 heteroatoms. The zero-order valence-corrected chi connectivity index (χ0v) is 10.6. The third kappa shape index (κ3) is 2.41. The molecule has 94 valence electrons. The molecule has 0 aromatic carbocycles. The summed E-state index contributed by atoms with van der Waals surface area (Å²) in [5.41, 5.74) is 0.418. The number of nitrogens with zero attached hydrogens (tertiary/aromatic N) is 1. The molecule has 3 nitrogen and oxygen atoms in total. The molecule has 1 saturated heterocycles. The fourth-order valence-electron chi connectivity index (χ4n) is 3.17. The second-order valence-corrected chi connectivity index (χ2v) is 5.88. The monoisotopic (exact) mass is 227 g/mol. The van der Waals surface area contributed by atoms with E-state index in [1.807, 2.05) is 0 Å². The van der Waals surface area contributed by atoms with Crippen LogP contribution in [0.2, 0.25) is 0 Å². The maximum absolute atomic E-state index is 9.01. The Bertz CT molecular complexity index is 224. The molecule has 1 aliphatic carbocycles. The van der Waals surface area contributed by atoms with Crippen LogP contribution < -0.4 is 0 Å². The summed E-state index contributed by atoms with van der Waals surface area (Å²) < 4.78 is 5.37. The highest BCUT2D eigenvalue weighted by Gasteiger charge is 2.47. The molecule has 0 radical (unpaired) electrons. The van der Waals surface area contributed by atoms with Gasteiger partial charge in [-0.3, -0.25) is 4.90 Å². The van der Waals surface area contributed by atoms with Crippen molar-refractivity contribution >= 4 is 0 Å². The summed E-state index contributed by atoms with van der Waals surface area (Å²) in [7, 11) is 0. The lowest BCUT2D eigenvalue weighted by molar-refractivity contribution is -0.0648. The topological polar surface area (TPSA) is 32.7 Å². The second-order valence-electron chi connectivity index (χ2n) is 5.88. The smallest absolute Gasteiger partial charge is 0.0594 e.